The fourth-order valence-corrected chi connectivity index (χ4v) is 2.34. The first-order valence-electron chi connectivity index (χ1n) is 4.15. The van der Waals surface area contributed by atoms with Gasteiger partial charge in [-0.25, -0.2) is 0 Å². The third-order valence-electron chi connectivity index (χ3n) is 2.10. The van der Waals surface area contributed by atoms with Crippen molar-refractivity contribution in [3.05, 3.63) is 23.8 Å². The highest BCUT2D eigenvalue weighted by molar-refractivity contribution is 7.23. The van der Waals surface area contributed by atoms with Crippen LogP contribution in [0.2, 0.25) is 0 Å². The van der Waals surface area contributed by atoms with Crippen LogP contribution < -0.4 is 11.5 Å². The lowest BCUT2D eigenvalue weighted by Crippen LogP contribution is -1.88. The average Bonchev–Trinajstić information content (AvgIpc) is 2.43. The SMILES string of the molecule is N#CCc1ccc2c(N)c(N)sc2c1. The van der Waals surface area contributed by atoms with Gasteiger partial charge < -0.3 is 11.5 Å². The third-order valence-corrected chi connectivity index (χ3v) is 3.10. The van der Waals surface area contributed by atoms with E-state index in [-0.39, 0.29) is 0 Å². The van der Waals surface area contributed by atoms with E-state index >= 15 is 0 Å². The molecule has 14 heavy (non-hydrogen) atoms. The van der Waals surface area contributed by atoms with Crippen molar-refractivity contribution in [1.29, 1.82) is 5.26 Å². The number of fused-ring (bicyclic) bond motifs is 1. The zero-order valence-electron chi connectivity index (χ0n) is 7.45. The minimum atomic E-state index is 0.424. The lowest BCUT2D eigenvalue weighted by Gasteiger charge is -1.95. The molecule has 0 aliphatic carbocycles. The smallest absolute Gasteiger partial charge is 0.110 e. The van der Waals surface area contributed by atoms with Crippen molar-refractivity contribution in [3.8, 4) is 6.07 Å². The fourth-order valence-electron chi connectivity index (χ4n) is 1.38. The van der Waals surface area contributed by atoms with Crippen molar-refractivity contribution >= 4 is 32.1 Å². The van der Waals surface area contributed by atoms with Crippen molar-refractivity contribution < 1.29 is 0 Å². The minimum absolute atomic E-state index is 0.424. The summed E-state index contributed by atoms with van der Waals surface area (Å²) in [6, 6.07) is 7.91. The maximum atomic E-state index is 8.56. The Morgan fingerprint density at radius 3 is 2.86 bits per heavy atom. The second kappa shape index (κ2) is 3.20. The van der Waals surface area contributed by atoms with Gasteiger partial charge in [0, 0.05) is 10.1 Å². The van der Waals surface area contributed by atoms with E-state index in [1.54, 1.807) is 0 Å². The van der Waals surface area contributed by atoms with Gasteiger partial charge in [-0.3, -0.25) is 0 Å². The predicted octanol–water partition coefficient (Wildman–Crippen LogP) is 2.13. The van der Waals surface area contributed by atoms with Crippen LogP contribution in [0.25, 0.3) is 10.1 Å². The van der Waals surface area contributed by atoms with Gasteiger partial charge in [0.25, 0.3) is 0 Å². The zero-order valence-corrected chi connectivity index (χ0v) is 8.27. The molecular formula is C10H9N3S. The first-order chi connectivity index (χ1) is 6.72. The van der Waals surface area contributed by atoms with Crippen LogP contribution in [0.1, 0.15) is 5.56 Å². The summed E-state index contributed by atoms with van der Waals surface area (Å²) in [5, 5.41) is 10.2. The maximum absolute atomic E-state index is 8.56. The molecule has 4 N–H and O–H groups in total. The molecule has 0 unspecified atom stereocenters. The van der Waals surface area contributed by atoms with E-state index in [2.05, 4.69) is 6.07 Å². The summed E-state index contributed by atoms with van der Waals surface area (Å²) in [7, 11) is 0. The summed E-state index contributed by atoms with van der Waals surface area (Å²) in [4.78, 5) is 0. The molecule has 0 aliphatic heterocycles. The molecule has 0 atom stereocenters. The molecule has 1 aromatic carbocycles. The number of hydrogen-bond acceptors (Lipinski definition) is 4. The number of nitrogens with zero attached hydrogens (tertiary/aromatic N) is 1. The Morgan fingerprint density at radius 1 is 1.36 bits per heavy atom. The summed E-state index contributed by atoms with van der Waals surface area (Å²) >= 11 is 1.46. The molecule has 0 radical (unpaired) electrons. The van der Waals surface area contributed by atoms with Crippen LogP contribution in [0.3, 0.4) is 0 Å². The second-order valence-corrected chi connectivity index (χ2v) is 4.13. The molecule has 1 heterocycles. The van der Waals surface area contributed by atoms with Gasteiger partial charge in [0.2, 0.25) is 0 Å². The maximum Gasteiger partial charge on any atom is 0.110 e. The van der Waals surface area contributed by atoms with Crippen LogP contribution in [0.4, 0.5) is 10.7 Å². The largest absolute Gasteiger partial charge is 0.396 e. The van der Waals surface area contributed by atoms with E-state index in [0.717, 1.165) is 15.6 Å². The Morgan fingerprint density at radius 2 is 2.14 bits per heavy atom. The van der Waals surface area contributed by atoms with Crippen molar-refractivity contribution in [2.24, 2.45) is 0 Å². The van der Waals surface area contributed by atoms with Crippen LogP contribution >= 0.6 is 11.3 Å². The Labute approximate surface area is 85.6 Å². The summed E-state index contributed by atoms with van der Waals surface area (Å²) in [6.07, 6.45) is 0.424. The van der Waals surface area contributed by atoms with E-state index in [0.29, 0.717) is 17.1 Å². The van der Waals surface area contributed by atoms with Gasteiger partial charge in [-0.15, -0.1) is 11.3 Å². The van der Waals surface area contributed by atoms with Gasteiger partial charge in [-0.2, -0.15) is 5.26 Å². The Balaban J connectivity index is 2.63. The van der Waals surface area contributed by atoms with Gasteiger partial charge in [-0.05, 0) is 11.6 Å². The monoisotopic (exact) mass is 203 g/mol. The van der Waals surface area contributed by atoms with E-state index in [4.69, 9.17) is 16.7 Å². The molecule has 3 nitrogen and oxygen atoms in total. The predicted molar refractivity (Wildman–Crippen MR) is 60.0 cm³/mol. The molecule has 0 saturated heterocycles. The third kappa shape index (κ3) is 1.28. The lowest BCUT2D eigenvalue weighted by atomic mass is 10.1. The molecule has 70 valence electrons. The van der Waals surface area contributed by atoms with Crippen molar-refractivity contribution in [1.82, 2.24) is 0 Å². The average molecular weight is 203 g/mol. The van der Waals surface area contributed by atoms with Crippen LogP contribution in [0.15, 0.2) is 18.2 Å². The molecule has 2 rings (SSSR count). The number of anilines is 2. The van der Waals surface area contributed by atoms with Crippen LogP contribution in [-0.2, 0) is 6.42 Å². The molecule has 0 fully saturated rings. The highest BCUT2D eigenvalue weighted by Crippen LogP contribution is 2.36. The molecule has 0 amide bonds. The summed E-state index contributed by atoms with van der Waals surface area (Å²) in [6.45, 7) is 0. The molecule has 0 spiro atoms. The van der Waals surface area contributed by atoms with Gasteiger partial charge in [0.1, 0.15) is 5.00 Å². The van der Waals surface area contributed by atoms with Crippen LogP contribution in [0.5, 0.6) is 0 Å². The number of hydrogen-bond donors (Lipinski definition) is 2. The van der Waals surface area contributed by atoms with Crippen LogP contribution in [0, 0.1) is 11.3 Å². The highest BCUT2D eigenvalue weighted by atomic mass is 32.1. The van der Waals surface area contributed by atoms with E-state index in [1.807, 2.05) is 18.2 Å². The number of nitrogen functional groups attached to an aromatic ring is 2. The van der Waals surface area contributed by atoms with Crippen molar-refractivity contribution in [2.75, 3.05) is 11.5 Å². The minimum Gasteiger partial charge on any atom is -0.396 e. The number of rotatable bonds is 1. The zero-order chi connectivity index (χ0) is 10.1. The molecule has 0 aliphatic rings. The molecule has 0 saturated carbocycles. The Bertz CT molecular complexity index is 522. The molecule has 0 bridgehead atoms. The van der Waals surface area contributed by atoms with Gasteiger partial charge >= 0.3 is 0 Å². The molecule has 1 aromatic heterocycles. The van der Waals surface area contributed by atoms with E-state index < -0.39 is 0 Å². The quantitative estimate of drug-likeness (QED) is 0.745. The Hall–Kier alpha value is -1.73. The Kier molecular flexibility index (Phi) is 2.02. The molecule has 2 aromatic rings. The number of nitriles is 1. The summed E-state index contributed by atoms with van der Waals surface area (Å²) in [5.74, 6) is 0. The first kappa shape index (κ1) is 8.85. The second-order valence-electron chi connectivity index (χ2n) is 3.05. The standard InChI is InChI=1S/C10H9N3S/c11-4-3-6-1-2-7-8(5-6)14-10(13)9(7)12/h1-2,5H,3,12-13H2. The topological polar surface area (TPSA) is 75.8 Å². The highest BCUT2D eigenvalue weighted by Gasteiger charge is 2.06. The van der Waals surface area contributed by atoms with Crippen LogP contribution in [-0.4, -0.2) is 0 Å². The van der Waals surface area contributed by atoms with Gasteiger partial charge in [-0.1, -0.05) is 12.1 Å². The molecular weight excluding hydrogens is 194 g/mol. The number of thiophene rings is 1. The lowest BCUT2D eigenvalue weighted by molar-refractivity contribution is 1.27. The number of benzene rings is 1. The number of nitrogens with two attached hydrogens (primary N) is 2. The first-order valence-corrected chi connectivity index (χ1v) is 4.97. The normalized spacial score (nSPS) is 10.2. The van der Waals surface area contributed by atoms with E-state index in [9.17, 15) is 0 Å². The summed E-state index contributed by atoms with van der Waals surface area (Å²) in [5.41, 5.74) is 13.1. The fraction of sp³-hybridized carbons (Fsp3) is 0.100. The molecule has 4 heteroatoms. The van der Waals surface area contributed by atoms with Crippen molar-refractivity contribution in [2.45, 2.75) is 6.42 Å². The van der Waals surface area contributed by atoms with Gasteiger partial charge in [0.15, 0.2) is 0 Å². The van der Waals surface area contributed by atoms with E-state index in [1.165, 1.54) is 11.3 Å². The van der Waals surface area contributed by atoms with Crippen molar-refractivity contribution in [3.63, 3.8) is 0 Å². The van der Waals surface area contributed by atoms with Gasteiger partial charge in [0.05, 0.1) is 18.2 Å². The summed E-state index contributed by atoms with van der Waals surface area (Å²) < 4.78 is 1.05.